The SMILES string of the molecule is c1ncc2[nH]c(-c3ccc(CN4CCOCC4)cc3)nc2n1. The van der Waals surface area contributed by atoms with E-state index in [0.29, 0.717) is 5.65 Å². The van der Waals surface area contributed by atoms with E-state index in [4.69, 9.17) is 4.74 Å². The number of H-pyrrole nitrogens is 1. The van der Waals surface area contributed by atoms with E-state index in [9.17, 15) is 0 Å². The van der Waals surface area contributed by atoms with Gasteiger partial charge in [-0.3, -0.25) is 4.90 Å². The summed E-state index contributed by atoms with van der Waals surface area (Å²) in [6.07, 6.45) is 3.25. The molecule has 4 rings (SSSR count). The van der Waals surface area contributed by atoms with Gasteiger partial charge in [-0.15, -0.1) is 0 Å². The molecule has 6 nitrogen and oxygen atoms in total. The van der Waals surface area contributed by atoms with Crippen molar-refractivity contribution in [3.63, 3.8) is 0 Å². The normalized spacial score (nSPS) is 16.2. The third-order valence-corrected chi connectivity index (χ3v) is 3.90. The van der Waals surface area contributed by atoms with Crippen LogP contribution in [-0.4, -0.2) is 51.1 Å². The van der Waals surface area contributed by atoms with Gasteiger partial charge in [0.15, 0.2) is 5.65 Å². The molecule has 1 aromatic carbocycles. The number of ether oxygens (including phenoxy) is 1. The van der Waals surface area contributed by atoms with E-state index in [1.807, 2.05) is 0 Å². The van der Waals surface area contributed by atoms with Gasteiger partial charge in [-0.1, -0.05) is 24.3 Å². The van der Waals surface area contributed by atoms with Crippen LogP contribution in [0.1, 0.15) is 5.56 Å². The van der Waals surface area contributed by atoms with Crippen molar-refractivity contribution in [2.75, 3.05) is 26.3 Å². The lowest BCUT2D eigenvalue weighted by Gasteiger charge is -2.26. The third-order valence-electron chi connectivity index (χ3n) is 3.90. The number of hydrogen-bond acceptors (Lipinski definition) is 5. The Kier molecular flexibility index (Phi) is 3.54. The predicted molar refractivity (Wildman–Crippen MR) is 83.2 cm³/mol. The minimum absolute atomic E-state index is 0.697. The molecule has 1 aliphatic rings. The van der Waals surface area contributed by atoms with Crippen molar-refractivity contribution in [1.82, 2.24) is 24.8 Å². The molecule has 0 unspecified atom stereocenters. The Hall–Kier alpha value is -2.31. The number of aromatic amines is 1. The van der Waals surface area contributed by atoms with Crippen LogP contribution in [0.2, 0.25) is 0 Å². The first kappa shape index (κ1) is 13.4. The maximum Gasteiger partial charge on any atom is 0.181 e. The zero-order valence-corrected chi connectivity index (χ0v) is 12.2. The van der Waals surface area contributed by atoms with Crippen molar-refractivity contribution in [3.8, 4) is 11.4 Å². The predicted octanol–water partition coefficient (Wildman–Crippen LogP) is 1.85. The molecule has 112 valence electrons. The van der Waals surface area contributed by atoms with Gasteiger partial charge in [-0.2, -0.15) is 0 Å². The summed E-state index contributed by atoms with van der Waals surface area (Å²) in [5.41, 5.74) is 3.92. The second-order valence-corrected chi connectivity index (χ2v) is 5.43. The number of nitrogens with zero attached hydrogens (tertiary/aromatic N) is 4. The minimum atomic E-state index is 0.697. The summed E-state index contributed by atoms with van der Waals surface area (Å²) in [6.45, 7) is 4.64. The molecule has 2 aromatic heterocycles. The Balaban J connectivity index is 1.53. The van der Waals surface area contributed by atoms with Gasteiger partial charge < -0.3 is 9.72 Å². The van der Waals surface area contributed by atoms with Crippen LogP contribution in [0.3, 0.4) is 0 Å². The Labute approximate surface area is 128 Å². The number of benzene rings is 1. The number of imidazole rings is 1. The van der Waals surface area contributed by atoms with E-state index in [-0.39, 0.29) is 0 Å². The fourth-order valence-electron chi connectivity index (χ4n) is 2.68. The molecule has 0 bridgehead atoms. The zero-order valence-electron chi connectivity index (χ0n) is 12.2. The Morgan fingerprint density at radius 3 is 2.73 bits per heavy atom. The van der Waals surface area contributed by atoms with Gasteiger partial charge in [0.05, 0.1) is 19.4 Å². The lowest BCUT2D eigenvalue weighted by molar-refractivity contribution is 0.0342. The fraction of sp³-hybridized carbons (Fsp3) is 0.312. The first-order valence-electron chi connectivity index (χ1n) is 7.44. The summed E-state index contributed by atoms with van der Waals surface area (Å²) in [7, 11) is 0. The number of nitrogens with one attached hydrogen (secondary N) is 1. The highest BCUT2D eigenvalue weighted by atomic mass is 16.5. The van der Waals surface area contributed by atoms with Crippen LogP contribution in [0.25, 0.3) is 22.6 Å². The number of aromatic nitrogens is 4. The summed E-state index contributed by atoms with van der Waals surface area (Å²) >= 11 is 0. The molecular weight excluding hydrogens is 278 g/mol. The molecule has 1 saturated heterocycles. The molecule has 3 aromatic rings. The van der Waals surface area contributed by atoms with Crippen LogP contribution in [-0.2, 0) is 11.3 Å². The Bertz CT molecular complexity index is 729. The summed E-state index contributed by atoms with van der Waals surface area (Å²) in [4.78, 5) is 18.3. The molecule has 3 heterocycles. The van der Waals surface area contributed by atoms with Gasteiger partial charge in [0.25, 0.3) is 0 Å². The number of fused-ring (bicyclic) bond motifs is 1. The first-order chi connectivity index (χ1) is 10.9. The average Bonchev–Trinajstić information content (AvgIpc) is 3.00. The average molecular weight is 295 g/mol. The molecule has 1 N–H and O–H groups in total. The zero-order chi connectivity index (χ0) is 14.8. The lowest BCUT2D eigenvalue weighted by atomic mass is 10.1. The molecule has 22 heavy (non-hydrogen) atoms. The Morgan fingerprint density at radius 1 is 1.14 bits per heavy atom. The van der Waals surface area contributed by atoms with Gasteiger partial charge in [0.1, 0.15) is 17.7 Å². The lowest BCUT2D eigenvalue weighted by Crippen LogP contribution is -2.35. The maximum atomic E-state index is 5.38. The van der Waals surface area contributed by atoms with Crippen molar-refractivity contribution in [2.45, 2.75) is 6.54 Å². The molecular formula is C16H17N5O. The van der Waals surface area contributed by atoms with Gasteiger partial charge in [-0.05, 0) is 5.56 Å². The number of rotatable bonds is 3. The highest BCUT2D eigenvalue weighted by molar-refractivity contribution is 5.74. The molecule has 0 spiro atoms. The standard InChI is InChI=1S/C16H17N5O/c1-3-13(15-19-14-9-17-11-18-16(14)20-15)4-2-12(1)10-21-5-7-22-8-6-21/h1-4,9,11H,5-8,10H2,(H,17,18,19,20). The maximum absolute atomic E-state index is 5.38. The van der Waals surface area contributed by atoms with Gasteiger partial charge >= 0.3 is 0 Å². The van der Waals surface area contributed by atoms with E-state index in [1.54, 1.807) is 6.20 Å². The summed E-state index contributed by atoms with van der Waals surface area (Å²) in [5.74, 6) is 0.827. The quantitative estimate of drug-likeness (QED) is 0.799. The molecule has 0 radical (unpaired) electrons. The number of morpholine rings is 1. The molecule has 1 aliphatic heterocycles. The van der Waals surface area contributed by atoms with E-state index in [1.165, 1.54) is 11.9 Å². The van der Waals surface area contributed by atoms with E-state index in [0.717, 1.165) is 49.8 Å². The summed E-state index contributed by atoms with van der Waals surface area (Å²) in [5, 5.41) is 0. The van der Waals surface area contributed by atoms with E-state index >= 15 is 0 Å². The van der Waals surface area contributed by atoms with Crippen molar-refractivity contribution >= 4 is 11.2 Å². The molecule has 0 atom stereocenters. The van der Waals surface area contributed by atoms with Crippen LogP contribution in [0, 0.1) is 0 Å². The second kappa shape index (κ2) is 5.82. The van der Waals surface area contributed by atoms with Crippen LogP contribution in [0.5, 0.6) is 0 Å². The summed E-state index contributed by atoms with van der Waals surface area (Å²) in [6, 6.07) is 8.51. The highest BCUT2D eigenvalue weighted by Crippen LogP contribution is 2.20. The van der Waals surface area contributed by atoms with Crippen molar-refractivity contribution in [1.29, 1.82) is 0 Å². The van der Waals surface area contributed by atoms with Crippen molar-refractivity contribution < 1.29 is 4.74 Å². The molecule has 0 amide bonds. The van der Waals surface area contributed by atoms with Crippen molar-refractivity contribution in [2.24, 2.45) is 0 Å². The van der Waals surface area contributed by atoms with Crippen LogP contribution < -0.4 is 0 Å². The molecule has 1 fully saturated rings. The topological polar surface area (TPSA) is 66.9 Å². The second-order valence-electron chi connectivity index (χ2n) is 5.43. The van der Waals surface area contributed by atoms with Crippen LogP contribution >= 0.6 is 0 Å². The van der Waals surface area contributed by atoms with E-state index in [2.05, 4.69) is 49.1 Å². The van der Waals surface area contributed by atoms with Crippen molar-refractivity contribution in [3.05, 3.63) is 42.4 Å². The summed E-state index contributed by atoms with van der Waals surface area (Å²) < 4.78 is 5.38. The van der Waals surface area contributed by atoms with E-state index < -0.39 is 0 Å². The number of hydrogen-bond donors (Lipinski definition) is 1. The Morgan fingerprint density at radius 2 is 1.95 bits per heavy atom. The highest BCUT2D eigenvalue weighted by Gasteiger charge is 2.11. The van der Waals surface area contributed by atoms with Gasteiger partial charge in [-0.25, -0.2) is 15.0 Å². The van der Waals surface area contributed by atoms with Gasteiger partial charge in [0.2, 0.25) is 0 Å². The molecule has 0 aliphatic carbocycles. The monoisotopic (exact) mass is 295 g/mol. The smallest absolute Gasteiger partial charge is 0.181 e. The minimum Gasteiger partial charge on any atom is -0.379 e. The van der Waals surface area contributed by atoms with Crippen LogP contribution in [0.15, 0.2) is 36.8 Å². The van der Waals surface area contributed by atoms with Gasteiger partial charge in [0, 0.05) is 25.2 Å². The van der Waals surface area contributed by atoms with Crippen LogP contribution in [0.4, 0.5) is 0 Å². The first-order valence-corrected chi connectivity index (χ1v) is 7.44. The fourth-order valence-corrected chi connectivity index (χ4v) is 2.68. The third kappa shape index (κ3) is 2.70. The largest absolute Gasteiger partial charge is 0.379 e. The molecule has 6 heteroatoms. The molecule has 0 saturated carbocycles.